The normalized spacial score (nSPS) is 19.0. The standard InChI is InChI=1S/C18H28N2O3S/c1-12(2)14-8-7-13-5-4-6-17(15(13)11-14)20-18(21)16(19)9-10-24(3,22)23/h7-8,11-12,16-17H,4-6,9-10,19H2,1-3H3,(H,20,21)/t16?,17-/m1/s1. The third-order valence-electron chi connectivity index (χ3n) is 4.60. The minimum Gasteiger partial charge on any atom is -0.348 e. The Hall–Kier alpha value is -1.40. The van der Waals surface area contributed by atoms with Gasteiger partial charge in [0.15, 0.2) is 0 Å². The first-order valence-electron chi connectivity index (χ1n) is 8.54. The van der Waals surface area contributed by atoms with Crippen LogP contribution >= 0.6 is 0 Å². The number of nitrogens with two attached hydrogens (primary N) is 1. The number of hydrogen-bond acceptors (Lipinski definition) is 4. The molecule has 0 spiro atoms. The van der Waals surface area contributed by atoms with Crippen LogP contribution in [0.2, 0.25) is 0 Å². The molecule has 1 aliphatic carbocycles. The first-order valence-corrected chi connectivity index (χ1v) is 10.6. The van der Waals surface area contributed by atoms with Crippen molar-refractivity contribution in [2.24, 2.45) is 5.73 Å². The number of hydrogen-bond donors (Lipinski definition) is 2. The Morgan fingerprint density at radius 3 is 2.71 bits per heavy atom. The van der Waals surface area contributed by atoms with Crippen LogP contribution in [0.1, 0.15) is 61.8 Å². The number of carbonyl (C=O) groups excluding carboxylic acids is 1. The molecule has 3 N–H and O–H groups in total. The quantitative estimate of drug-likeness (QED) is 0.820. The lowest BCUT2D eigenvalue weighted by Crippen LogP contribution is -2.43. The molecule has 24 heavy (non-hydrogen) atoms. The molecule has 2 atom stereocenters. The average molecular weight is 353 g/mol. The SMILES string of the molecule is CC(C)c1ccc2c(c1)[C@H](NC(=O)C(N)CCS(C)(=O)=O)CCC2. The molecular formula is C18H28N2O3S. The number of amides is 1. The molecule has 0 fully saturated rings. The summed E-state index contributed by atoms with van der Waals surface area (Å²) in [5.41, 5.74) is 9.58. The second-order valence-corrected chi connectivity index (χ2v) is 9.35. The summed E-state index contributed by atoms with van der Waals surface area (Å²) in [6, 6.07) is 5.67. The van der Waals surface area contributed by atoms with E-state index >= 15 is 0 Å². The van der Waals surface area contributed by atoms with Crippen molar-refractivity contribution in [2.75, 3.05) is 12.0 Å². The van der Waals surface area contributed by atoms with Gasteiger partial charge < -0.3 is 11.1 Å². The van der Waals surface area contributed by atoms with Crippen molar-refractivity contribution >= 4 is 15.7 Å². The van der Waals surface area contributed by atoms with E-state index in [9.17, 15) is 13.2 Å². The van der Waals surface area contributed by atoms with Gasteiger partial charge in [-0.1, -0.05) is 32.0 Å². The van der Waals surface area contributed by atoms with Crippen LogP contribution in [0.4, 0.5) is 0 Å². The first-order chi connectivity index (χ1) is 11.2. The van der Waals surface area contributed by atoms with Gasteiger partial charge >= 0.3 is 0 Å². The van der Waals surface area contributed by atoms with E-state index in [2.05, 4.69) is 37.4 Å². The molecule has 1 aromatic carbocycles. The summed E-state index contributed by atoms with van der Waals surface area (Å²) in [7, 11) is -3.11. The Kier molecular flexibility index (Phi) is 6.04. The Morgan fingerprint density at radius 2 is 2.08 bits per heavy atom. The summed E-state index contributed by atoms with van der Waals surface area (Å²) in [4.78, 5) is 12.3. The van der Waals surface area contributed by atoms with Crippen molar-refractivity contribution in [2.45, 2.75) is 57.5 Å². The number of fused-ring (bicyclic) bond motifs is 1. The fourth-order valence-corrected chi connectivity index (χ4v) is 3.76. The van der Waals surface area contributed by atoms with Crippen molar-refractivity contribution in [1.82, 2.24) is 5.32 Å². The van der Waals surface area contributed by atoms with Gasteiger partial charge in [-0.15, -0.1) is 0 Å². The van der Waals surface area contributed by atoms with Crippen LogP contribution < -0.4 is 11.1 Å². The van der Waals surface area contributed by atoms with Crippen LogP contribution in [-0.4, -0.2) is 32.4 Å². The van der Waals surface area contributed by atoms with Crippen LogP contribution in [-0.2, 0) is 21.1 Å². The van der Waals surface area contributed by atoms with Gasteiger partial charge in [0.1, 0.15) is 9.84 Å². The van der Waals surface area contributed by atoms with Crippen molar-refractivity contribution in [3.05, 3.63) is 34.9 Å². The highest BCUT2D eigenvalue weighted by atomic mass is 32.2. The first kappa shape index (κ1) is 18.9. The van der Waals surface area contributed by atoms with E-state index in [1.807, 2.05) is 0 Å². The second kappa shape index (κ2) is 7.66. The topological polar surface area (TPSA) is 89.3 Å². The molecule has 6 heteroatoms. The van der Waals surface area contributed by atoms with Gasteiger partial charge in [0.25, 0.3) is 0 Å². The summed E-state index contributed by atoms with van der Waals surface area (Å²) in [5.74, 6) is 0.0948. The lowest BCUT2D eigenvalue weighted by Gasteiger charge is -2.28. The van der Waals surface area contributed by atoms with Crippen LogP contribution in [0.25, 0.3) is 0 Å². The lowest BCUT2D eigenvalue weighted by atomic mass is 9.85. The Morgan fingerprint density at radius 1 is 1.38 bits per heavy atom. The van der Waals surface area contributed by atoms with E-state index in [0.717, 1.165) is 25.5 Å². The van der Waals surface area contributed by atoms with Crippen molar-refractivity contribution in [1.29, 1.82) is 0 Å². The highest BCUT2D eigenvalue weighted by molar-refractivity contribution is 7.90. The zero-order chi connectivity index (χ0) is 17.9. The molecule has 0 heterocycles. The van der Waals surface area contributed by atoms with Gasteiger partial charge in [0, 0.05) is 6.26 Å². The molecule has 0 saturated carbocycles. The van der Waals surface area contributed by atoms with E-state index in [1.54, 1.807) is 0 Å². The predicted molar refractivity (Wildman–Crippen MR) is 96.7 cm³/mol. The number of rotatable bonds is 6. The van der Waals surface area contributed by atoms with Crippen molar-refractivity contribution in [3.8, 4) is 0 Å². The van der Waals surface area contributed by atoms with E-state index in [1.165, 1.54) is 16.7 Å². The van der Waals surface area contributed by atoms with Crippen LogP contribution in [0.15, 0.2) is 18.2 Å². The third kappa shape index (κ3) is 5.05. The van der Waals surface area contributed by atoms with Gasteiger partial charge in [0.05, 0.1) is 17.8 Å². The number of carbonyl (C=O) groups is 1. The van der Waals surface area contributed by atoms with Gasteiger partial charge in [-0.05, 0) is 48.3 Å². The molecule has 0 radical (unpaired) electrons. The summed E-state index contributed by atoms with van der Waals surface area (Å²) >= 11 is 0. The third-order valence-corrected chi connectivity index (χ3v) is 5.58. The van der Waals surface area contributed by atoms with E-state index in [-0.39, 0.29) is 24.1 Å². The van der Waals surface area contributed by atoms with Crippen molar-refractivity contribution < 1.29 is 13.2 Å². The van der Waals surface area contributed by atoms with E-state index in [0.29, 0.717) is 5.92 Å². The highest BCUT2D eigenvalue weighted by Crippen LogP contribution is 2.32. The molecule has 5 nitrogen and oxygen atoms in total. The minimum atomic E-state index is -3.11. The predicted octanol–water partition coefficient (Wildman–Crippen LogP) is 2.07. The van der Waals surface area contributed by atoms with Crippen LogP contribution in [0.5, 0.6) is 0 Å². The van der Waals surface area contributed by atoms with Crippen LogP contribution in [0.3, 0.4) is 0 Å². The molecule has 1 aliphatic rings. The molecule has 0 saturated heterocycles. The smallest absolute Gasteiger partial charge is 0.237 e. The molecular weight excluding hydrogens is 324 g/mol. The summed E-state index contributed by atoms with van der Waals surface area (Å²) < 4.78 is 22.5. The fourth-order valence-electron chi connectivity index (χ4n) is 3.08. The second-order valence-electron chi connectivity index (χ2n) is 7.09. The Balaban J connectivity index is 2.08. The number of nitrogens with one attached hydrogen (secondary N) is 1. The molecule has 134 valence electrons. The zero-order valence-corrected chi connectivity index (χ0v) is 15.5. The van der Waals surface area contributed by atoms with Gasteiger partial charge in [-0.3, -0.25) is 4.79 Å². The molecule has 0 aliphatic heterocycles. The Bertz CT molecular complexity index is 698. The summed E-state index contributed by atoms with van der Waals surface area (Å²) in [6.07, 6.45) is 4.25. The maximum atomic E-state index is 12.3. The highest BCUT2D eigenvalue weighted by Gasteiger charge is 2.25. The summed E-state index contributed by atoms with van der Waals surface area (Å²) in [6.45, 7) is 4.30. The monoisotopic (exact) mass is 352 g/mol. The van der Waals surface area contributed by atoms with Crippen molar-refractivity contribution in [3.63, 3.8) is 0 Å². The Labute approximate surface area is 144 Å². The number of aryl methyl sites for hydroxylation is 1. The molecule has 2 rings (SSSR count). The number of benzene rings is 1. The maximum Gasteiger partial charge on any atom is 0.237 e. The molecule has 0 bridgehead atoms. The summed E-state index contributed by atoms with van der Waals surface area (Å²) in [5, 5.41) is 3.02. The minimum absolute atomic E-state index is 0.0377. The van der Waals surface area contributed by atoms with E-state index < -0.39 is 15.9 Å². The molecule has 1 unspecified atom stereocenters. The van der Waals surface area contributed by atoms with Gasteiger partial charge in [-0.25, -0.2) is 8.42 Å². The molecule has 1 aromatic rings. The molecule has 1 amide bonds. The lowest BCUT2D eigenvalue weighted by molar-refractivity contribution is -0.123. The number of sulfone groups is 1. The average Bonchev–Trinajstić information content (AvgIpc) is 2.51. The van der Waals surface area contributed by atoms with E-state index in [4.69, 9.17) is 5.73 Å². The molecule has 0 aromatic heterocycles. The largest absolute Gasteiger partial charge is 0.348 e. The van der Waals surface area contributed by atoms with Gasteiger partial charge in [0.2, 0.25) is 5.91 Å². The maximum absolute atomic E-state index is 12.3. The van der Waals surface area contributed by atoms with Gasteiger partial charge in [-0.2, -0.15) is 0 Å². The fraction of sp³-hybridized carbons (Fsp3) is 0.611. The van der Waals surface area contributed by atoms with Crippen LogP contribution in [0, 0.1) is 0 Å². The zero-order valence-electron chi connectivity index (χ0n) is 14.7.